The summed E-state index contributed by atoms with van der Waals surface area (Å²) in [5.74, 6) is 0.636. The molecule has 148 valence electrons. The Labute approximate surface area is 164 Å². The van der Waals surface area contributed by atoms with Gasteiger partial charge in [-0.3, -0.25) is 14.6 Å². The second kappa shape index (κ2) is 9.21. The van der Waals surface area contributed by atoms with E-state index in [-0.39, 0.29) is 11.6 Å². The van der Waals surface area contributed by atoms with Crippen LogP contribution in [0, 0.1) is 0 Å². The number of anilines is 1. The molecule has 0 saturated carbocycles. The molecule has 2 aromatic rings. The Morgan fingerprint density at radius 1 is 1.00 bits per heavy atom. The minimum Gasteiger partial charge on any atom is -0.497 e. The fourth-order valence-corrected chi connectivity index (χ4v) is 3.23. The van der Waals surface area contributed by atoms with Crippen molar-refractivity contribution in [1.29, 1.82) is 0 Å². The molecule has 1 aromatic heterocycles. The molecule has 0 atom stereocenters. The van der Waals surface area contributed by atoms with E-state index >= 15 is 0 Å². The van der Waals surface area contributed by atoms with E-state index in [1.807, 2.05) is 4.90 Å². The van der Waals surface area contributed by atoms with Crippen molar-refractivity contribution in [3.63, 3.8) is 0 Å². The number of benzene rings is 1. The zero-order valence-corrected chi connectivity index (χ0v) is 16.2. The largest absolute Gasteiger partial charge is 0.497 e. The average molecular weight is 383 g/mol. The van der Waals surface area contributed by atoms with Gasteiger partial charge in [0, 0.05) is 30.9 Å². The molecule has 1 fully saturated rings. The molecule has 1 aliphatic heterocycles. The van der Waals surface area contributed by atoms with E-state index in [1.165, 1.54) is 13.3 Å². The fraction of sp³-hybridized carbons (Fsp3) is 0.381. The normalized spacial score (nSPS) is 14.1. The van der Waals surface area contributed by atoms with Crippen molar-refractivity contribution >= 4 is 17.5 Å². The maximum absolute atomic E-state index is 12.8. The molecule has 3 rings (SSSR count). The molecule has 7 nitrogen and oxygen atoms in total. The summed E-state index contributed by atoms with van der Waals surface area (Å²) in [6.45, 7) is 1.51. The van der Waals surface area contributed by atoms with Gasteiger partial charge in [-0.1, -0.05) is 12.8 Å². The summed E-state index contributed by atoms with van der Waals surface area (Å²) < 4.78 is 10.5. The average Bonchev–Trinajstić information content (AvgIpc) is 3.03. The first-order chi connectivity index (χ1) is 13.6. The molecule has 0 radical (unpaired) electrons. The molecule has 7 heteroatoms. The Bertz CT molecular complexity index is 845. The van der Waals surface area contributed by atoms with Gasteiger partial charge in [-0.05, 0) is 37.1 Å². The third-order valence-electron chi connectivity index (χ3n) is 4.79. The lowest BCUT2D eigenvalue weighted by Gasteiger charge is -2.20. The van der Waals surface area contributed by atoms with Gasteiger partial charge in [0.05, 0.1) is 19.9 Å². The van der Waals surface area contributed by atoms with Crippen molar-refractivity contribution in [3.05, 3.63) is 47.8 Å². The van der Waals surface area contributed by atoms with E-state index < -0.39 is 5.91 Å². The second-order valence-electron chi connectivity index (χ2n) is 6.66. The molecule has 2 heterocycles. The smallest absolute Gasteiger partial charge is 0.274 e. The van der Waals surface area contributed by atoms with Gasteiger partial charge in [-0.15, -0.1) is 0 Å². The fourth-order valence-electron chi connectivity index (χ4n) is 3.23. The first-order valence-electron chi connectivity index (χ1n) is 9.41. The Kier molecular flexibility index (Phi) is 6.47. The van der Waals surface area contributed by atoms with Gasteiger partial charge in [-0.25, -0.2) is 0 Å². The Balaban J connectivity index is 1.76. The summed E-state index contributed by atoms with van der Waals surface area (Å²) in [6.07, 6.45) is 5.82. The van der Waals surface area contributed by atoms with Crippen LogP contribution in [-0.2, 0) is 0 Å². The first-order valence-corrected chi connectivity index (χ1v) is 9.41. The van der Waals surface area contributed by atoms with Crippen LogP contribution in [0.25, 0.3) is 0 Å². The van der Waals surface area contributed by atoms with Crippen molar-refractivity contribution in [2.75, 3.05) is 32.6 Å². The van der Waals surface area contributed by atoms with E-state index in [9.17, 15) is 9.59 Å². The van der Waals surface area contributed by atoms with Crippen LogP contribution in [0.15, 0.2) is 36.5 Å². The number of ether oxygens (including phenoxy) is 2. The maximum Gasteiger partial charge on any atom is 0.274 e. The lowest BCUT2D eigenvalue weighted by Crippen LogP contribution is -2.32. The number of aromatic nitrogens is 1. The van der Waals surface area contributed by atoms with Gasteiger partial charge in [0.25, 0.3) is 11.8 Å². The summed E-state index contributed by atoms with van der Waals surface area (Å²) in [7, 11) is 3.08. The molecular weight excluding hydrogens is 358 g/mol. The van der Waals surface area contributed by atoms with Gasteiger partial charge >= 0.3 is 0 Å². The Morgan fingerprint density at radius 2 is 1.75 bits per heavy atom. The van der Waals surface area contributed by atoms with Crippen LogP contribution in [0.3, 0.4) is 0 Å². The van der Waals surface area contributed by atoms with Gasteiger partial charge in [0.15, 0.2) is 0 Å². The van der Waals surface area contributed by atoms with Crippen LogP contribution in [0.5, 0.6) is 11.5 Å². The number of hydrogen-bond donors (Lipinski definition) is 1. The third kappa shape index (κ3) is 4.60. The van der Waals surface area contributed by atoms with Crippen molar-refractivity contribution < 1.29 is 19.1 Å². The highest BCUT2D eigenvalue weighted by atomic mass is 16.5. The number of rotatable bonds is 5. The number of amides is 2. The molecule has 28 heavy (non-hydrogen) atoms. The van der Waals surface area contributed by atoms with E-state index in [0.29, 0.717) is 22.7 Å². The van der Waals surface area contributed by atoms with Crippen LogP contribution in [0.1, 0.15) is 46.5 Å². The molecule has 1 saturated heterocycles. The number of methoxy groups -OCH3 is 2. The summed E-state index contributed by atoms with van der Waals surface area (Å²) in [6, 6.07) is 8.30. The summed E-state index contributed by atoms with van der Waals surface area (Å²) in [5.41, 5.74) is 1.15. The highest BCUT2D eigenvalue weighted by Crippen LogP contribution is 2.29. The van der Waals surface area contributed by atoms with Gasteiger partial charge in [-0.2, -0.15) is 0 Å². The van der Waals surface area contributed by atoms with Crippen LogP contribution < -0.4 is 14.8 Å². The molecule has 1 aromatic carbocycles. The van der Waals surface area contributed by atoms with Crippen molar-refractivity contribution in [2.45, 2.75) is 25.7 Å². The lowest BCUT2D eigenvalue weighted by atomic mass is 10.2. The molecular formula is C21H25N3O4. The molecule has 0 bridgehead atoms. The minimum absolute atomic E-state index is 0.0552. The molecule has 0 unspecified atom stereocenters. The maximum atomic E-state index is 12.8. The predicted molar refractivity (Wildman–Crippen MR) is 106 cm³/mol. The lowest BCUT2D eigenvalue weighted by molar-refractivity contribution is 0.0761. The topological polar surface area (TPSA) is 80.8 Å². The number of nitrogens with one attached hydrogen (secondary N) is 1. The van der Waals surface area contributed by atoms with Gasteiger partial charge < -0.3 is 19.7 Å². The third-order valence-corrected chi connectivity index (χ3v) is 4.79. The zero-order chi connectivity index (χ0) is 19.9. The van der Waals surface area contributed by atoms with Crippen LogP contribution >= 0.6 is 0 Å². The number of carbonyl (C=O) groups excluding carboxylic acids is 2. The van der Waals surface area contributed by atoms with Gasteiger partial charge in [0.2, 0.25) is 0 Å². The zero-order valence-electron chi connectivity index (χ0n) is 16.2. The highest BCUT2D eigenvalue weighted by Gasteiger charge is 2.19. The molecule has 2 amide bonds. The summed E-state index contributed by atoms with van der Waals surface area (Å²) >= 11 is 0. The van der Waals surface area contributed by atoms with E-state index in [1.54, 1.807) is 37.4 Å². The Hall–Kier alpha value is -3.09. The Morgan fingerprint density at radius 3 is 2.43 bits per heavy atom. The number of hydrogen-bond acceptors (Lipinski definition) is 5. The monoisotopic (exact) mass is 383 g/mol. The van der Waals surface area contributed by atoms with Crippen molar-refractivity contribution in [3.8, 4) is 11.5 Å². The SMILES string of the molecule is COc1ccc(NC(=O)c2cc(C(=O)N3CCCCCC3)ccn2)c(OC)c1. The van der Waals surface area contributed by atoms with E-state index in [4.69, 9.17) is 9.47 Å². The number of pyridine rings is 1. The first kappa shape index (κ1) is 19.7. The quantitative estimate of drug-likeness (QED) is 0.856. The minimum atomic E-state index is -0.408. The molecule has 0 aliphatic carbocycles. The van der Waals surface area contributed by atoms with Crippen LogP contribution in [-0.4, -0.2) is 49.0 Å². The van der Waals surface area contributed by atoms with Gasteiger partial charge in [0.1, 0.15) is 17.2 Å². The predicted octanol–water partition coefficient (Wildman–Crippen LogP) is 3.37. The standard InChI is InChI=1S/C21H25N3O4/c1-27-16-7-8-17(19(14-16)28-2)23-20(25)18-13-15(9-10-22-18)21(26)24-11-5-3-4-6-12-24/h7-10,13-14H,3-6,11-12H2,1-2H3,(H,23,25). The second-order valence-corrected chi connectivity index (χ2v) is 6.66. The summed E-state index contributed by atoms with van der Waals surface area (Å²) in [5, 5.41) is 2.78. The highest BCUT2D eigenvalue weighted by molar-refractivity contribution is 6.05. The number of likely N-dealkylation sites (tertiary alicyclic amines) is 1. The number of carbonyl (C=O) groups is 2. The molecule has 1 aliphatic rings. The van der Waals surface area contributed by atoms with Crippen LogP contribution in [0.2, 0.25) is 0 Å². The van der Waals surface area contributed by atoms with Crippen molar-refractivity contribution in [2.24, 2.45) is 0 Å². The van der Waals surface area contributed by atoms with E-state index in [2.05, 4.69) is 10.3 Å². The summed E-state index contributed by atoms with van der Waals surface area (Å²) in [4.78, 5) is 31.4. The number of nitrogens with zero attached hydrogens (tertiary/aromatic N) is 2. The molecule has 1 N–H and O–H groups in total. The molecule has 0 spiro atoms. The van der Waals surface area contributed by atoms with Crippen molar-refractivity contribution in [1.82, 2.24) is 9.88 Å². The van der Waals surface area contributed by atoms with E-state index in [0.717, 1.165) is 38.8 Å². The van der Waals surface area contributed by atoms with Crippen LogP contribution in [0.4, 0.5) is 5.69 Å².